The van der Waals surface area contributed by atoms with Crippen LogP contribution in [0.2, 0.25) is 0 Å². The van der Waals surface area contributed by atoms with E-state index in [-0.39, 0.29) is 6.04 Å². The van der Waals surface area contributed by atoms with E-state index in [0.29, 0.717) is 12.4 Å². The van der Waals surface area contributed by atoms with E-state index in [2.05, 4.69) is 27.9 Å². The van der Waals surface area contributed by atoms with Crippen molar-refractivity contribution in [3.63, 3.8) is 0 Å². The Kier molecular flexibility index (Phi) is 6.74. The topological polar surface area (TPSA) is 48.0 Å². The first-order chi connectivity index (χ1) is 13.1. The number of rotatable bonds is 7. The first-order valence-electron chi connectivity index (χ1n) is 9.00. The minimum absolute atomic E-state index is 0.273. The quantitative estimate of drug-likeness (QED) is 0.611. The van der Waals surface area contributed by atoms with Crippen LogP contribution >= 0.6 is 15.9 Å². The smallest absolute Gasteiger partial charge is 0.352 e. The number of methoxy groups -OCH3 is 1. The predicted octanol–water partition coefficient (Wildman–Crippen LogP) is 4.22. The third kappa shape index (κ3) is 5.02. The van der Waals surface area contributed by atoms with Gasteiger partial charge in [-0.2, -0.15) is 0 Å². The van der Waals surface area contributed by atoms with Crippen molar-refractivity contribution in [3.05, 3.63) is 58.6 Å². The van der Waals surface area contributed by atoms with Crippen molar-refractivity contribution < 1.29 is 19.0 Å². The van der Waals surface area contributed by atoms with E-state index in [1.54, 1.807) is 31.4 Å². The van der Waals surface area contributed by atoms with Crippen LogP contribution in [0.3, 0.4) is 0 Å². The molecule has 5 nitrogen and oxygen atoms in total. The molecular weight excluding hydrogens is 410 g/mol. The molecule has 0 bridgehead atoms. The first-order valence-corrected chi connectivity index (χ1v) is 9.80. The number of hydrogen-bond donors (Lipinski definition) is 0. The van der Waals surface area contributed by atoms with E-state index in [4.69, 9.17) is 14.2 Å². The second-order valence-corrected chi connectivity index (χ2v) is 7.46. The summed E-state index contributed by atoms with van der Waals surface area (Å²) in [7, 11) is 3.67. The van der Waals surface area contributed by atoms with Gasteiger partial charge in [-0.15, -0.1) is 0 Å². The van der Waals surface area contributed by atoms with E-state index in [9.17, 15) is 4.79 Å². The molecular formula is C21H24BrNO4. The molecule has 0 spiro atoms. The fraction of sp³-hybridized carbons (Fsp3) is 0.381. The van der Waals surface area contributed by atoms with Gasteiger partial charge in [0.1, 0.15) is 18.1 Å². The number of carbonyl (C=O) groups is 1. The highest BCUT2D eigenvalue weighted by atomic mass is 79.9. The van der Waals surface area contributed by atoms with E-state index in [1.807, 2.05) is 24.3 Å². The van der Waals surface area contributed by atoms with Gasteiger partial charge in [0.15, 0.2) is 0 Å². The number of likely N-dealkylation sites (tertiary alicyclic amines) is 1. The minimum Gasteiger partial charge on any atom is -0.497 e. The maximum absolute atomic E-state index is 12.9. The molecule has 2 aromatic rings. The summed E-state index contributed by atoms with van der Waals surface area (Å²) in [6, 6.07) is 14.9. The second-order valence-electron chi connectivity index (χ2n) is 6.60. The van der Waals surface area contributed by atoms with Gasteiger partial charge in [0.2, 0.25) is 6.10 Å². The van der Waals surface area contributed by atoms with Crippen LogP contribution in [-0.4, -0.2) is 44.2 Å². The average molecular weight is 434 g/mol. The van der Waals surface area contributed by atoms with Gasteiger partial charge in [-0.1, -0.05) is 34.1 Å². The minimum atomic E-state index is -0.847. The van der Waals surface area contributed by atoms with Crippen molar-refractivity contribution in [2.24, 2.45) is 0 Å². The summed E-state index contributed by atoms with van der Waals surface area (Å²) in [5.41, 5.74) is 0.734. The zero-order valence-corrected chi connectivity index (χ0v) is 17.1. The maximum atomic E-state index is 12.9. The number of esters is 1. The van der Waals surface area contributed by atoms with Gasteiger partial charge in [-0.25, -0.2) is 4.79 Å². The third-order valence-corrected chi connectivity index (χ3v) is 5.53. The van der Waals surface area contributed by atoms with Crippen LogP contribution in [0.5, 0.6) is 11.5 Å². The summed E-state index contributed by atoms with van der Waals surface area (Å²) < 4.78 is 17.6. The standard InChI is InChI=1S/C21H24BrNO4/c1-23-13-5-6-15(23)14-26-21(24)20(18-7-3-4-8-19(18)22)27-17-11-9-16(25-2)10-12-17/h3-4,7-12,15,20H,5-6,13-14H2,1-2H3/t15-,20?/m1/s1. The summed E-state index contributed by atoms with van der Waals surface area (Å²) in [5.74, 6) is 0.913. The Hall–Kier alpha value is -2.05. The number of hydrogen-bond acceptors (Lipinski definition) is 5. The molecule has 27 heavy (non-hydrogen) atoms. The highest BCUT2D eigenvalue weighted by Crippen LogP contribution is 2.30. The fourth-order valence-corrected chi connectivity index (χ4v) is 3.65. The van der Waals surface area contributed by atoms with Gasteiger partial charge in [0.25, 0.3) is 0 Å². The highest BCUT2D eigenvalue weighted by molar-refractivity contribution is 9.10. The first kappa shape index (κ1) is 19.7. The zero-order valence-electron chi connectivity index (χ0n) is 15.6. The van der Waals surface area contributed by atoms with Gasteiger partial charge in [0, 0.05) is 16.1 Å². The lowest BCUT2D eigenvalue weighted by molar-refractivity contribution is -0.153. The summed E-state index contributed by atoms with van der Waals surface area (Å²) in [4.78, 5) is 15.1. The number of ether oxygens (including phenoxy) is 3. The van der Waals surface area contributed by atoms with E-state index < -0.39 is 12.1 Å². The molecule has 0 amide bonds. The van der Waals surface area contributed by atoms with Gasteiger partial charge < -0.3 is 19.1 Å². The zero-order chi connectivity index (χ0) is 19.2. The number of carbonyl (C=O) groups excluding carboxylic acids is 1. The molecule has 1 aliphatic heterocycles. The summed E-state index contributed by atoms with van der Waals surface area (Å²) in [6.45, 7) is 1.42. The Balaban J connectivity index is 1.76. The molecule has 1 unspecified atom stereocenters. The van der Waals surface area contributed by atoms with Crippen molar-refractivity contribution in [3.8, 4) is 11.5 Å². The molecule has 0 aliphatic carbocycles. The number of likely N-dealkylation sites (N-methyl/N-ethyl adjacent to an activating group) is 1. The summed E-state index contributed by atoms with van der Waals surface area (Å²) in [5, 5.41) is 0. The molecule has 1 saturated heterocycles. The molecule has 0 N–H and O–H groups in total. The highest BCUT2D eigenvalue weighted by Gasteiger charge is 2.29. The van der Waals surface area contributed by atoms with Crippen LogP contribution in [0.4, 0.5) is 0 Å². The van der Waals surface area contributed by atoms with Crippen molar-refractivity contribution in [1.29, 1.82) is 0 Å². The van der Waals surface area contributed by atoms with Gasteiger partial charge in [-0.05, 0) is 56.8 Å². The van der Waals surface area contributed by atoms with Crippen molar-refractivity contribution in [1.82, 2.24) is 4.90 Å². The number of nitrogens with zero attached hydrogens (tertiary/aromatic N) is 1. The monoisotopic (exact) mass is 433 g/mol. The van der Waals surface area contributed by atoms with Gasteiger partial charge >= 0.3 is 5.97 Å². The molecule has 6 heteroatoms. The third-order valence-electron chi connectivity index (χ3n) is 4.80. The Morgan fingerprint density at radius 1 is 1.19 bits per heavy atom. The lowest BCUT2D eigenvalue weighted by Crippen LogP contribution is -2.32. The number of halogens is 1. The molecule has 0 saturated carbocycles. The normalized spacial score (nSPS) is 18.1. The fourth-order valence-electron chi connectivity index (χ4n) is 3.16. The molecule has 0 radical (unpaired) electrons. The maximum Gasteiger partial charge on any atom is 0.352 e. The molecule has 2 atom stereocenters. The molecule has 0 aromatic heterocycles. The Morgan fingerprint density at radius 3 is 2.52 bits per heavy atom. The van der Waals surface area contributed by atoms with Gasteiger partial charge in [0.05, 0.1) is 7.11 Å². The summed E-state index contributed by atoms with van der Waals surface area (Å²) in [6.07, 6.45) is 1.33. The van der Waals surface area contributed by atoms with E-state index in [0.717, 1.165) is 35.2 Å². The molecule has 1 heterocycles. The van der Waals surface area contributed by atoms with Crippen LogP contribution in [0, 0.1) is 0 Å². The van der Waals surface area contributed by atoms with Crippen LogP contribution < -0.4 is 9.47 Å². The summed E-state index contributed by atoms with van der Waals surface area (Å²) >= 11 is 3.51. The van der Waals surface area contributed by atoms with Crippen LogP contribution in [-0.2, 0) is 9.53 Å². The number of benzene rings is 2. The Morgan fingerprint density at radius 2 is 1.89 bits per heavy atom. The Bertz CT molecular complexity index is 765. The van der Waals surface area contributed by atoms with Crippen LogP contribution in [0.1, 0.15) is 24.5 Å². The average Bonchev–Trinajstić information content (AvgIpc) is 3.10. The van der Waals surface area contributed by atoms with Crippen LogP contribution in [0.15, 0.2) is 53.0 Å². The second kappa shape index (κ2) is 9.24. The Labute approximate surface area is 168 Å². The lowest BCUT2D eigenvalue weighted by atomic mass is 10.1. The van der Waals surface area contributed by atoms with Crippen molar-refractivity contribution >= 4 is 21.9 Å². The molecule has 2 aromatic carbocycles. The largest absolute Gasteiger partial charge is 0.497 e. The van der Waals surface area contributed by atoms with Crippen LogP contribution in [0.25, 0.3) is 0 Å². The molecule has 1 aliphatic rings. The van der Waals surface area contributed by atoms with Crippen molar-refractivity contribution in [2.45, 2.75) is 25.0 Å². The van der Waals surface area contributed by atoms with E-state index in [1.165, 1.54) is 0 Å². The van der Waals surface area contributed by atoms with Gasteiger partial charge in [-0.3, -0.25) is 0 Å². The van der Waals surface area contributed by atoms with E-state index >= 15 is 0 Å². The molecule has 144 valence electrons. The van der Waals surface area contributed by atoms with Crippen molar-refractivity contribution in [2.75, 3.05) is 27.3 Å². The molecule has 3 rings (SSSR count). The molecule has 1 fully saturated rings. The SMILES string of the molecule is COc1ccc(OC(C(=O)OC[C@H]2CCCN2C)c2ccccc2Br)cc1. The predicted molar refractivity (Wildman–Crippen MR) is 107 cm³/mol. The lowest BCUT2D eigenvalue weighted by Gasteiger charge is -2.23.